The Morgan fingerprint density at radius 2 is 1.95 bits per heavy atom. The number of fused-ring (bicyclic) bond motifs is 1. The summed E-state index contributed by atoms with van der Waals surface area (Å²) in [6.07, 6.45) is -1.94. The summed E-state index contributed by atoms with van der Waals surface area (Å²) < 4.78 is 64.8. The summed E-state index contributed by atoms with van der Waals surface area (Å²) in [7, 11) is 0. The molecule has 0 amide bonds. The third-order valence-corrected chi connectivity index (χ3v) is 7.39. The second-order valence-electron chi connectivity index (χ2n) is 8.50. The molecule has 0 saturated heterocycles. The van der Waals surface area contributed by atoms with E-state index in [1.54, 1.807) is 28.4 Å². The van der Waals surface area contributed by atoms with Gasteiger partial charge in [-0.1, -0.05) is 30.3 Å². The number of aliphatic hydroxyl groups excluding tert-OH is 1. The number of aromatic nitrogens is 3. The topological polar surface area (TPSA) is 52.2 Å². The third kappa shape index (κ3) is 5.67. The Morgan fingerprint density at radius 3 is 2.62 bits per heavy atom. The maximum Gasteiger partial charge on any atom is 0.416 e. The number of aryl methyl sites for hydroxylation is 1. The average Bonchev–Trinajstić information content (AvgIpc) is 3.39. The normalized spacial score (nSPS) is 13.0. The van der Waals surface area contributed by atoms with Crippen LogP contribution in [0.15, 0.2) is 52.5 Å². The molecular weight excluding hydrogens is 530 g/mol. The SMILES string of the molecule is CCCn1cc(-n2c(C)c(Sc3ccc(C(F)(F)F)c(CC(O)OCC)c3)c3ccc(Cl)c(F)c32)cn1. The molecule has 11 heteroatoms. The van der Waals surface area contributed by atoms with Crippen LogP contribution in [-0.4, -0.2) is 32.4 Å². The van der Waals surface area contributed by atoms with E-state index in [1.165, 1.54) is 30.0 Å². The number of hydrogen-bond acceptors (Lipinski definition) is 4. The lowest BCUT2D eigenvalue weighted by molar-refractivity contribution is -0.139. The highest BCUT2D eigenvalue weighted by molar-refractivity contribution is 7.99. The Balaban J connectivity index is 1.83. The first-order valence-corrected chi connectivity index (χ1v) is 12.9. The second-order valence-corrected chi connectivity index (χ2v) is 9.99. The molecule has 2 aromatic carbocycles. The van der Waals surface area contributed by atoms with E-state index in [9.17, 15) is 18.3 Å². The van der Waals surface area contributed by atoms with Crippen LogP contribution in [0.2, 0.25) is 5.02 Å². The molecule has 0 aliphatic heterocycles. The zero-order chi connectivity index (χ0) is 26.9. The first kappa shape index (κ1) is 27.5. The molecular formula is C26H26ClF4N3O2S. The first-order valence-electron chi connectivity index (χ1n) is 11.7. The fraction of sp³-hybridized carbons (Fsp3) is 0.346. The quantitative estimate of drug-likeness (QED) is 0.173. The van der Waals surface area contributed by atoms with Gasteiger partial charge in [0.15, 0.2) is 12.1 Å². The van der Waals surface area contributed by atoms with Crippen LogP contribution in [0, 0.1) is 12.7 Å². The van der Waals surface area contributed by atoms with Crippen molar-refractivity contribution in [1.29, 1.82) is 0 Å². The van der Waals surface area contributed by atoms with Gasteiger partial charge >= 0.3 is 6.18 Å². The summed E-state index contributed by atoms with van der Waals surface area (Å²) in [5.41, 5.74) is 0.679. The van der Waals surface area contributed by atoms with Gasteiger partial charge < -0.3 is 14.4 Å². The Hall–Kier alpha value is -2.53. The van der Waals surface area contributed by atoms with E-state index in [0.29, 0.717) is 33.1 Å². The Bertz CT molecular complexity index is 1420. The van der Waals surface area contributed by atoms with Gasteiger partial charge in [-0.2, -0.15) is 18.3 Å². The van der Waals surface area contributed by atoms with E-state index >= 15 is 4.39 Å². The van der Waals surface area contributed by atoms with Crippen molar-refractivity contribution < 1.29 is 27.4 Å². The third-order valence-electron chi connectivity index (χ3n) is 5.89. The van der Waals surface area contributed by atoms with E-state index in [4.69, 9.17) is 16.3 Å². The van der Waals surface area contributed by atoms with Gasteiger partial charge in [-0.25, -0.2) is 4.39 Å². The fourth-order valence-corrected chi connectivity index (χ4v) is 5.55. The average molecular weight is 556 g/mol. The number of aliphatic hydroxyl groups is 1. The Kier molecular flexibility index (Phi) is 8.23. The lowest BCUT2D eigenvalue weighted by atomic mass is 10.0. The van der Waals surface area contributed by atoms with E-state index < -0.39 is 23.8 Å². The summed E-state index contributed by atoms with van der Waals surface area (Å²) >= 11 is 7.34. The van der Waals surface area contributed by atoms with Crippen LogP contribution in [-0.2, 0) is 23.9 Å². The van der Waals surface area contributed by atoms with Gasteiger partial charge in [-0.05, 0) is 56.2 Å². The van der Waals surface area contributed by atoms with Crippen LogP contribution in [0.5, 0.6) is 0 Å². The lowest BCUT2D eigenvalue weighted by Crippen LogP contribution is -2.18. The molecule has 0 fully saturated rings. The molecule has 1 N–H and O–H groups in total. The van der Waals surface area contributed by atoms with E-state index in [1.807, 2.05) is 20.0 Å². The highest BCUT2D eigenvalue weighted by Crippen LogP contribution is 2.43. The molecule has 4 aromatic rings. The molecule has 0 aliphatic rings. The maximum absolute atomic E-state index is 15.3. The fourth-order valence-electron chi connectivity index (χ4n) is 4.31. The summed E-state index contributed by atoms with van der Waals surface area (Å²) in [6.45, 7) is 6.36. The monoisotopic (exact) mass is 555 g/mol. The molecule has 5 nitrogen and oxygen atoms in total. The summed E-state index contributed by atoms with van der Waals surface area (Å²) in [5.74, 6) is -0.592. The van der Waals surface area contributed by atoms with Crippen LogP contribution in [0.1, 0.15) is 37.1 Å². The smallest absolute Gasteiger partial charge is 0.368 e. The molecule has 2 heterocycles. The van der Waals surface area contributed by atoms with Crippen molar-refractivity contribution in [2.75, 3.05) is 6.61 Å². The first-order chi connectivity index (χ1) is 17.5. The minimum Gasteiger partial charge on any atom is -0.368 e. The molecule has 0 aliphatic carbocycles. The number of nitrogens with zero attached hydrogens (tertiary/aromatic N) is 3. The molecule has 0 spiro atoms. The molecule has 2 aromatic heterocycles. The van der Waals surface area contributed by atoms with Crippen molar-refractivity contribution >= 4 is 34.3 Å². The van der Waals surface area contributed by atoms with Gasteiger partial charge in [-0.3, -0.25) is 4.68 Å². The Labute approximate surface area is 221 Å². The zero-order valence-corrected chi connectivity index (χ0v) is 22.0. The van der Waals surface area contributed by atoms with E-state index in [0.717, 1.165) is 12.5 Å². The largest absolute Gasteiger partial charge is 0.416 e. The molecule has 198 valence electrons. The standard InChI is InChI=1S/C26H26ClF4N3O2S/c1-4-10-33-14-17(13-32-33)34-15(3)25(19-7-9-21(27)23(28)24(19)34)37-18-6-8-20(26(29,30)31)16(11-18)12-22(35)36-5-2/h6-9,11,13-14,22,35H,4-5,10,12H2,1-3H3. The number of alkyl halides is 3. The van der Waals surface area contributed by atoms with E-state index in [-0.39, 0.29) is 29.1 Å². The molecule has 37 heavy (non-hydrogen) atoms. The summed E-state index contributed by atoms with van der Waals surface area (Å²) in [4.78, 5) is 1.18. The van der Waals surface area contributed by atoms with Gasteiger partial charge in [0.1, 0.15) is 0 Å². The van der Waals surface area contributed by atoms with Crippen molar-refractivity contribution in [3.8, 4) is 5.69 Å². The number of halogens is 5. The molecule has 0 radical (unpaired) electrons. The van der Waals surface area contributed by atoms with Crippen molar-refractivity contribution in [3.05, 3.63) is 70.4 Å². The van der Waals surface area contributed by atoms with Gasteiger partial charge in [-0.15, -0.1) is 0 Å². The molecule has 1 unspecified atom stereocenters. The van der Waals surface area contributed by atoms with Gasteiger partial charge in [0.05, 0.1) is 28.0 Å². The van der Waals surface area contributed by atoms with Crippen LogP contribution in [0.25, 0.3) is 16.6 Å². The molecule has 0 bridgehead atoms. The number of benzene rings is 2. The number of hydrogen-bond donors (Lipinski definition) is 1. The van der Waals surface area contributed by atoms with Crippen molar-refractivity contribution in [2.24, 2.45) is 0 Å². The lowest BCUT2D eigenvalue weighted by Gasteiger charge is -2.17. The van der Waals surface area contributed by atoms with Crippen molar-refractivity contribution in [3.63, 3.8) is 0 Å². The predicted octanol–water partition coefficient (Wildman–Crippen LogP) is 7.41. The molecule has 0 saturated carbocycles. The van der Waals surface area contributed by atoms with Gasteiger partial charge in [0, 0.05) is 46.6 Å². The van der Waals surface area contributed by atoms with Crippen LogP contribution in [0.3, 0.4) is 0 Å². The van der Waals surface area contributed by atoms with Crippen LogP contribution >= 0.6 is 23.4 Å². The second kappa shape index (κ2) is 11.1. The highest BCUT2D eigenvalue weighted by atomic mass is 35.5. The highest BCUT2D eigenvalue weighted by Gasteiger charge is 2.34. The summed E-state index contributed by atoms with van der Waals surface area (Å²) in [6, 6.07) is 6.93. The number of rotatable bonds is 9. The molecule has 1 atom stereocenters. The van der Waals surface area contributed by atoms with Crippen molar-refractivity contribution in [2.45, 2.75) is 62.4 Å². The van der Waals surface area contributed by atoms with Crippen LogP contribution in [0.4, 0.5) is 17.6 Å². The maximum atomic E-state index is 15.3. The van der Waals surface area contributed by atoms with Gasteiger partial charge in [0.25, 0.3) is 0 Å². The number of ether oxygens (including phenoxy) is 1. The minimum atomic E-state index is -4.59. The zero-order valence-electron chi connectivity index (χ0n) is 20.4. The van der Waals surface area contributed by atoms with E-state index in [2.05, 4.69) is 5.10 Å². The minimum absolute atomic E-state index is 0.0366. The predicted molar refractivity (Wildman–Crippen MR) is 136 cm³/mol. The van der Waals surface area contributed by atoms with Gasteiger partial charge in [0.2, 0.25) is 0 Å². The molecule has 4 rings (SSSR count). The Morgan fingerprint density at radius 1 is 1.19 bits per heavy atom. The van der Waals surface area contributed by atoms with Crippen molar-refractivity contribution in [1.82, 2.24) is 14.3 Å². The summed E-state index contributed by atoms with van der Waals surface area (Å²) in [5, 5.41) is 14.9. The van der Waals surface area contributed by atoms with Crippen LogP contribution < -0.4 is 0 Å².